The van der Waals surface area contributed by atoms with Crippen molar-refractivity contribution in [1.29, 1.82) is 0 Å². The van der Waals surface area contributed by atoms with E-state index in [0.717, 1.165) is 29.2 Å². The Bertz CT molecular complexity index is 286. The first-order valence-electron chi connectivity index (χ1n) is 7.47. The minimum atomic E-state index is 0.363. The first-order chi connectivity index (χ1) is 8.56. The van der Waals surface area contributed by atoms with Crippen LogP contribution in [0.15, 0.2) is 0 Å². The molecule has 1 saturated heterocycles. The van der Waals surface area contributed by atoms with Crippen LogP contribution >= 0.6 is 22.6 Å². The third kappa shape index (κ3) is 3.92. The molecule has 2 atom stereocenters. The van der Waals surface area contributed by atoms with Gasteiger partial charge >= 0.3 is 0 Å². The van der Waals surface area contributed by atoms with Crippen LogP contribution < -0.4 is 0 Å². The van der Waals surface area contributed by atoms with Crippen molar-refractivity contribution in [2.75, 3.05) is 13.1 Å². The Morgan fingerprint density at radius 1 is 1.17 bits per heavy atom. The van der Waals surface area contributed by atoms with Gasteiger partial charge in [0.2, 0.25) is 0 Å². The third-order valence-electron chi connectivity index (χ3n) is 4.75. The smallest absolute Gasteiger partial charge is 0.149 e. The minimum absolute atomic E-state index is 0.363. The summed E-state index contributed by atoms with van der Waals surface area (Å²) in [5.74, 6) is 1.71. The summed E-state index contributed by atoms with van der Waals surface area (Å²) < 4.78 is 0.807. The van der Waals surface area contributed by atoms with Crippen molar-refractivity contribution in [1.82, 2.24) is 4.90 Å². The maximum atomic E-state index is 12.4. The Morgan fingerprint density at radius 3 is 2.44 bits per heavy atom. The summed E-state index contributed by atoms with van der Waals surface area (Å²) in [5, 5.41) is 0. The van der Waals surface area contributed by atoms with Gasteiger partial charge in [0.05, 0.1) is 6.54 Å². The van der Waals surface area contributed by atoms with Gasteiger partial charge in [-0.15, -0.1) is 0 Å². The lowest BCUT2D eigenvalue weighted by molar-refractivity contribution is -0.125. The van der Waals surface area contributed by atoms with Crippen molar-refractivity contribution in [3.05, 3.63) is 0 Å². The molecule has 18 heavy (non-hydrogen) atoms. The van der Waals surface area contributed by atoms with Gasteiger partial charge in [0.15, 0.2) is 0 Å². The average Bonchev–Trinajstić information content (AvgIpc) is 2.33. The zero-order valence-corrected chi connectivity index (χ0v) is 13.9. The fourth-order valence-corrected chi connectivity index (χ4v) is 4.11. The number of halogens is 1. The predicted molar refractivity (Wildman–Crippen MR) is 84.2 cm³/mol. The molecule has 1 aliphatic carbocycles. The van der Waals surface area contributed by atoms with Crippen LogP contribution in [-0.4, -0.2) is 33.7 Å². The van der Waals surface area contributed by atoms with Gasteiger partial charge < -0.3 is 0 Å². The molecule has 0 radical (unpaired) electrons. The van der Waals surface area contributed by atoms with Crippen molar-refractivity contribution in [3.8, 4) is 0 Å². The van der Waals surface area contributed by atoms with Crippen molar-refractivity contribution in [2.45, 2.75) is 62.3 Å². The first kappa shape index (κ1) is 14.8. The molecule has 2 unspecified atom stereocenters. The van der Waals surface area contributed by atoms with E-state index in [9.17, 15) is 4.79 Å². The molecule has 0 aromatic rings. The van der Waals surface area contributed by atoms with Gasteiger partial charge in [-0.2, -0.15) is 0 Å². The molecule has 2 nitrogen and oxygen atoms in total. The highest BCUT2D eigenvalue weighted by molar-refractivity contribution is 14.1. The number of piperidine rings is 1. The summed E-state index contributed by atoms with van der Waals surface area (Å²) in [7, 11) is 0. The molecule has 0 aromatic carbocycles. The van der Waals surface area contributed by atoms with Crippen LogP contribution in [0, 0.1) is 11.8 Å². The molecule has 2 aliphatic rings. The second-order valence-electron chi connectivity index (χ2n) is 6.36. The lowest BCUT2D eigenvalue weighted by atomic mass is 9.85. The third-order valence-corrected chi connectivity index (χ3v) is 5.99. The maximum Gasteiger partial charge on any atom is 0.149 e. The van der Waals surface area contributed by atoms with Crippen LogP contribution in [0.5, 0.6) is 0 Å². The number of nitrogens with zero attached hydrogens (tertiary/aromatic N) is 1. The van der Waals surface area contributed by atoms with E-state index in [-0.39, 0.29) is 0 Å². The predicted octanol–water partition coefficient (Wildman–Crippen LogP) is 3.67. The molecule has 104 valence electrons. The standard InChI is InChI=1S/C15H26INO/c1-11-7-8-17(12(2)9-11)10-15(18)13-3-5-14(16)6-4-13/h11-14H,3-10H2,1-2H3. The summed E-state index contributed by atoms with van der Waals surface area (Å²) in [4.78, 5) is 14.8. The molecule has 0 N–H and O–H groups in total. The molecule has 0 aromatic heterocycles. The molecule has 2 rings (SSSR count). The zero-order valence-electron chi connectivity index (χ0n) is 11.7. The molecule has 0 bridgehead atoms. The largest absolute Gasteiger partial charge is 0.298 e. The van der Waals surface area contributed by atoms with Gasteiger partial charge in [-0.1, -0.05) is 29.5 Å². The van der Waals surface area contributed by atoms with Crippen LogP contribution in [0.2, 0.25) is 0 Å². The molecule has 1 aliphatic heterocycles. The number of hydrogen-bond donors (Lipinski definition) is 0. The minimum Gasteiger partial charge on any atom is -0.298 e. The average molecular weight is 363 g/mol. The summed E-state index contributed by atoms with van der Waals surface area (Å²) in [5.41, 5.74) is 0. The quantitative estimate of drug-likeness (QED) is 0.563. The van der Waals surface area contributed by atoms with E-state index in [1.54, 1.807) is 0 Å². The number of rotatable bonds is 3. The van der Waals surface area contributed by atoms with Gasteiger partial charge in [-0.25, -0.2) is 0 Å². The first-order valence-corrected chi connectivity index (χ1v) is 8.71. The molecule has 2 fully saturated rings. The highest BCUT2D eigenvalue weighted by Crippen LogP contribution is 2.30. The van der Waals surface area contributed by atoms with Crippen LogP contribution in [0.4, 0.5) is 0 Å². The number of alkyl halides is 1. The summed E-state index contributed by atoms with van der Waals surface area (Å²) in [6.45, 7) is 6.45. The van der Waals surface area contributed by atoms with Crippen LogP contribution in [-0.2, 0) is 4.79 Å². The van der Waals surface area contributed by atoms with E-state index in [1.807, 2.05) is 0 Å². The van der Waals surface area contributed by atoms with Crippen molar-refractivity contribution in [2.24, 2.45) is 11.8 Å². The van der Waals surface area contributed by atoms with E-state index in [1.165, 1.54) is 25.7 Å². The van der Waals surface area contributed by atoms with Gasteiger partial charge in [0.1, 0.15) is 5.78 Å². The van der Waals surface area contributed by atoms with E-state index in [0.29, 0.717) is 24.3 Å². The molecular formula is C15H26INO. The lowest BCUT2D eigenvalue weighted by Gasteiger charge is -2.37. The van der Waals surface area contributed by atoms with Crippen molar-refractivity contribution < 1.29 is 4.79 Å². The Hall–Kier alpha value is 0.360. The zero-order chi connectivity index (χ0) is 13.1. The molecule has 0 spiro atoms. The van der Waals surface area contributed by atoms with E-state index >= 15 is 0 Å². The fraction of sp³-hybridized carbons (Fsp3) is 0.933. The van der Waals surface area contributed by atoms with Crippen molar-refractivity contribution >= 4 is 28.4 Å². The highest BCUT2D eigenvalue weighted by atomic mass is 127. The summed E-state index contributed by atoms with van der Waals surface area (Å²) in [6.07, 6.45) is 7.26. The number of carbonyl (C=O) groups is 1. The topological polar surface area (TPSA) is 20.3 Å². The molecule has 1 heterocycles. The van der Waals surface area contributed by atoms with Gasteiger partial charge in [-0.3, -0.25) is 9.69 Å². The maximum absolute atomic E-state index is 12.4. The van der Waals surface area contributed by atoms with Crippen LogP contribution in [0.3, 0.4) is 0 Å². The van der Waals surface area contributed by atoms with Crippen molar-refractivity contribution in [3.63, 3.8) is 0 Å². The summed E-state index contributed by atoms with van der Waals surface area (Å²) >= 11 is 2.53. The second-order valence-corrected chi connectivity index (χ2v) is 8.13. The van der Waals surface area contributed by atoms with E-state index in [2.05, 4.69) is 41.3 Å². The van der Waals surface area contributed by atoms with E-state index < -0.39 is 0 Å². The molecular weight excluding hydrogens is 337 g/mol. The number of ketones is 1. The number of likely N-dealkylation sites (tertiary alicyclic amines) is 1. The SMILES string of the molecule is CC1CCN(CC(=O)C2CCC(I)CC2)C(C)C1. The Labute approximate surface area is 125 Å². The molecule has 3 heteroatoms. The normalized spacial score (nSPS) is 38.6. The monoisotopic (exact) mass is 363 g/mol. The van der Waals surface area contributed by atoms with Gasteiger partial charge in [-0.05, 0) is 57.9 Å². The number of carbonyl (C=O) groups excluding carboxylic acids is 1. The van der Waals surface area contributed by atoms with E-state index in [4.69, 9.17) is 0 Å². The number of Topliss-reactive ketones (excluding diaryl/α,β-unsaturated/α-hetero) is 1. The lowest BCUT2D eigenvalue weighted by Crippen LogP contribution is -2.44. The Balaban J connectivity index is 1.80. The second kappa shape index (κ2) is 6.69. The number of hydrogen-bond acceptors (Lipinski definition) is 2. The molecule has 1 saturated carbocycles. The summed E-state index contributed by atoms with van der Waals surface area (Å²) in [6, 6.07) is 0.596. The molecule has 0 amide bonds. The van der Waals surface area contributed by atoms with Crippen LogP contribution in [0.25, 0.3) is 0 Å². The van der Waals surface area contributed by atoms with Crippen LogP contribution in [0.1, 0.15) is 52.4 Å². The van der Waals surface area contributed by atoms with Gasteiger partial charge in [0.25, 0.3) is 0 Å². The Morgan fingerprint density at radius 2 is 1.83 bits per heavy atom. The fourth-order valence-electron chi connectivity index (χ4n) is 3.39. The Kier molecular flexibility index (Phi) is 5.48. The van der Waals surface area contributed by atoms with Gasteiger partial charge in [0, 0.05) is 15.9 Å². The highest BCUT2D eigenvalue weighted by Gasteiger charge is 2.29.